The van der Waals surface area contributed by atoms with E-state index in [4.69, 9.17) is 15.7 Å². The summed E-state index contributed by atoms with van der Waals surface area (Å²) in [6.45, 7) is 13.6. The third-order valence-corrected chi connectivity index (χ3v) is 7.87. The van der Waals surface area contributed by atoms with E-state index in [0.717, 1.165) is 22.8 Å². The van der Waals surface area contributed by atoms with Crippen molar-refractivity contribution in [3.05, 3.63) is 65.1 Å². The Kier molecular flexibility index (Phi) is 15.2. The first kappa shape index (κ1) is 38.2. The maximum Gasteiger partial charge on any atom is 0.410 e. The Morgan fingerprint density at radius 3 is 2.32 bits per heavy atom. The molecule has 0 radical (unpaired) electrons. The van der Waals surface area contributed by atoms with Crippen molar-refractivity contribution in [2.24, 2.45) is 5.92 Å². The Labute approximate surface area is 259 Å². The van der Waals surface area contributed by atoms with Gasteiger partial charge in [-0.15, -0.1) is 13.2 Å². The number of nitriles is 1. The number of aromatic amines is 1. The zero-order valence-corrected chi connectivity index (χ0v) is 26.7. The smallest absolute Gasteiger partial charge is 0.410 e. The summed E-state index contributed by atoms with van der Waals surface area (Å²) in [5.74, 6) is 0.448. The van der Waals surface area contributed by atoms with Crippen LogP contribution < -0.4 is 16.6 Å². The molecule has 2 aliphatic rings. The molecule has 14 heteroatoms. The number of anilines is 2. The van der Waals surface area contributed by atoms with Crippen molar-refractivity contribution in [1.29, 1.82) is 5.26 Å². The van der Waals surface area contributed by atoms with E-state index in [1.54, 1.807) is 43.1 Å². The van der Waals surface area contributed by atoms with Crippen LogP contribution in [0.15, 0.2) is 53.3 Å². The van der Waals surface area contributed by atoms with Crippen LogP contribution in [0.4, 0.5) is 29.3 Å². The lowest BCUT2D eigenvalue weighted by Gasteiger charge is -2.32. The largest absolute Gasteiger partial charge is 0.444 e. The van der Waals surface area contributed by atoms with Crippen LogP contribution in [0, 0.1) is 24.2 Å². The maximum absolute atomic E-state index is 12.3. The highest BCUT2D eigenvalue weighted by molar-refractivity contribution is 7.83. The van der Waals surface area contributed by atoms with Gasteiger partial charge in [0, 0.05) is 56.2 Å². The fourth-order valence-electron chi connectivity index (χ4n) is 4.08. The van der Waals surface area contributed by atoms with E-state index in [-0.39, 0.29) is 18.2 Å². The van der Waals surface area contributed by atoms with Gasteiger partial charge in [-0.2, -0.15) is 18.4 Å². The Bertz CT molecular complexity index is 1350. The molecule has 244 valence electrons. The van der Waals surface area contributed by atoms with Crippen molar-refractivity contribution in [3.8, 4) is 6.07 Å². The number of ether oxygens (including phenoxy) is 1. The summed E-state index contributed by atoms with van der Waals surface area (Å²) in [6, 6.07) is 8.88. The number of piperidine rings is 1. The number of carbonyl (C=O) groups excluding carboxylic acids is 1. The van der Waals surface area contributed by atoms with Gasteiger partial charge in [0.1, 0.15) is 23.1 Å². The van der Waals surface area contributed by atoms with E-state index in [2.05, 4.69) is 29.5 Å². The summed E-state index contributed by atoms with van der Waals surface area (Å²) in [5, 5.41) is 11.5. The molecule has 1 aromatic heterocycles. The molecule has 0 aliphatic carbocycles. The van der Waals surface area contributed by atoms with Crippen LogP contribution in [-0.2, 0) is 22.3 Å². The molecule has 1 amide bonds. The van der Waals surface area contributed by atoms with Gasteiger partial charge in [0.25, 0.3) is 5.56 Å². The van der Waals surface area contributed by atoms with Gasteiger partial charge in [0.05, 0.1) is 11.0 Å². The number of likely N-dealkylation sites (tertiary alicyclic amines) is 1. The molecule has 0 bridgehead atoms. The first-order valence-electron chi connectivity index (χ1n) is 13.9. The number of H-pyrrole nitrogens is 1. The zero-order chi connectivity index (χ0) is 33.7. The molecule has 10 nitrogen and oxygen atoms in total. The average molecular weight is 641 g/mol. The monoisotopic (exact) mass is 640 g/mol. The van der Waals surface area contributed by atoms with Crippen LogP contribution in [-0.4, -0.2) is 63.0 Å². The predicted octanol–water partition coefficient (Wildman–Crippen LogP) is 5.74. The Morgan fingerprint density at radius 1 is 1.23 bits per heavy atom. The van der Waals surface area contributed by atoms with Gasteiger partial charge in [-0.25, -0.2) is 13.3 Å². The van der Waals surface area contributed by atoms with Crippen LogP contribution in [0.5, 0.6) is 0 Å². The second kappa shape index (κ2) is 17.5. The van der Waals surface area contributed by atoms with Crippen molar-refractivity contribution in [2.45, 2.75) is 70.2 Å². The number of fused-ring (bicyclic) bond motifs is 1. The number of aromatic nitrogens is 1. The van der Waals surface area contributed by atoms with E-state index >= 15 is 0 Å². The number of nitrogen functional groups attached to an aromatic ring is 1. The molecule has 1 saturated heterocycles. The molecule has 0 saturated carbocycles. The van der Waals surface area contributed by atoms with Gasteiger partial charge in [-0.3, -0.25) is 4.79 Å². The fraction of sp³-hybridized carbons (Fsp3) is 0.500. The van der Waals surface area contributed by atoms with Gasteiger partial charge in [-0.05, 0) is 76.3 Å². The molecule has 1 atom stereocenters. The van der Waals surface area contributed by atoms with Crippen molar-refractivity contribution in [3.63, 3.8) is 0 Å². The minimum atomic E-state index is -4.33. The molecule has 44 heavy (non-hydrogen) atoms. The van der Waals surface area contributed by atoms with Crippen molar-refractivity contribution >= 4 is 28.5 Å². The summed E-state index contributed by atoms with van der Waals surface area (Å²) in [6.07, 6.45) is -0.612. The van der Waals surface area contributed by atoms with Crippen molar-refractivity contribution in [2.75, 3.05) is 37.7 Å². The van der Waals surface area contributed by atoms with Crippen LogP contribution in [0.25, 0.3) is 0 Å². The number of carbonyl (C=O) groups is 1. The number of nitrogens with two attached hydrogens (primary N) is 1. The zero-order valence-electron chi connectivity index (χ0n) is 25.9. The van der Waals surface area contributed by atoms with Gasteiger partial charge >= 0.3 is 12.3 Å². The Hall–Kier alpha value is -3.83. The standard InChI is InChI=1S/C12H20N2O2.C10H11F3N2OS.C6H8N2O.C2H4/c1-12(2,3)16-11(15)14-8-5-10(4-7-13)6-9-14;1-14-8-2-3-9-7(4-8)5-15(17(9)16)6-10(11,12)13;1-4-5(7)2-3-8-6(4)9;1-2/h10H,4-6,8-9H2,1-3H3;2-4,14H,5-6H2,1H3;2-3H,1H3,(H3,7,8,9);1-2H2. The number of hydrogen-bond acceptors (Lipinski definition) is 7. The topological polar surface area (TPSA) is 145 Å². The second-order valence-corrected chi connectivity index (χ2v) is 12.3. The van der Waals surface area contributed by atoms with Crippen molar-refractivity contribution < 1.29 is 26.9 Å². The summed E-state index contributed by atoms with van der Waals surface area (Å²) < 4.78 is 54.8. The molecular formula is C30H43F3N6O4S. The first-order valence-corrected chi connectivity index (χ1v) is 15.0. The van der Waals surface area contributed by atoms with E-state index in [9.17, 15) is 27.0 Å². The third-order valence-electron chi connectivity index (χ3n) is 6.37. The lowest BCUT2D eigenvalue weighted by atomic mass is 9.94. The molecule has 1 fully saturated rings. The van der Waals surface area contributed by atoms with E-state index in [0.29, 0.717) is 47.1 Å². The summed E-state index contributed by atoms with van der Waals surface area (Å²) in [5.41, 5.74) is 7.46. The van der Waals surface area contributed by atoms with Crippen LogP contribution >= 0.6 is 0 Å². The SMILES string of the molecule is C=C.CC(C)(C)OC(=O)N1CCC(CC#N)CC1.CNc1ccc2c(c1)CN(CC(F)(F)F)S2=O.Cc1c(N)cc[nH]c1=O. The highest BCUT2D eigenvalue weighted by atomic mass is 32.2. The number of benzene rings is 1. The van der Waals surface area contributed by atoms with E-state index in [1.807, 2.05) is 20.8 Å². The minimum absolute atomic E-state index is 0.0664. The Balaban J connectivity index is 0.000000334. The van der Waals surface area contributed by atoms with Crippen LogP contribution in [0.3, 0.4) is 0 Å². The van der Waals surface area contributed by atoms with Gasteiger partial charge in [-0.1, -0.05) is 0 Å². The molecule has 3 heterocycles. The normalized spacial score (nSPS) is 16.4. The minimum Gasteiger partial charge on any atom is -0.444 e. The highest BCUT2D eigenvalue weighted by Crippen LogP contribution is 2.31. The van der Waals surface area contributed by atoms with Crippen molar-refractivity contribution in [1.82, 2.24) is 14.2 Å². The molecule has 2 aliphatic heterocycles. The van der Waals surface area contributed by atoms with E-state index in [1.165, 1.54) is 6.20 Å². The number of rotatable bonds is 3. The molecule has 4 rings (SSSR count). The number of nitrogens with zero attached hydrogens (tertiary/aromatic N) is 3. The quantitative estimate of drug-likeness (QED) is 0.363. The molecule has 2 aromatic rings. The Morgan fingerprint density at radius 2 is 1.84 bits per heavy atom. The average Bonchev–Trinajstić information content (AvgIpc) is 3.25. The number of amides is 1. The van der Waals surface area contributed by atoms with Gasteiger partial charge in [0.2, 0.25) is 0 Å². The summed E-state index contributed by atoms with van der Waals surface area (Å²) in [4.78, 5) is 27.1. The van der Waals surface area contributed by atoms with Gasteiger partial charge < -0.3 is 25.7 Å². The summed E-state index contributed by atoms with van der Waals surface area (Å²) >= 11 is 0. The van der Waals surface area contributed by atoms with Crippen LogP contribution in [0.1, 0.15) is 51.2 Å². The molecule has 1 unspecified atom stereocenters. The first-order chi connectivity index (χ1) is 20.5. The van der Waals surface area contributed by atoms with Gasteiger partial charge in [0.15, 0.2) is 0 Å². The van der Waals surface area contributed by atoms with E-state index < -0.39 is 29.3 Å². The lowest BCUT2D eigenvalue weighted by molar-refractivity contribution is -0.136. The predicted molar refractivity (Wildman–Crippen MR) is 167 cm³/mol. The molecule has 0 spiro atoms. The lowest BCUT2D eigenvalue weighted by Crippen LogP contribution is -2.41. The second-order valence-electron chi connectivity index (χ2n) is 10.9. The number of pyridine rings is 1. The molecule has 4 N–H and O–H groups in total. The van der Waals surface area contributed by atoms with Crippen LogP contribution in [0.2, 0.25) is 0 Å². The number of alkyl halides is 3. The maximum atomic E-state index is 12.3. The molecule has 1 aromatic carbocycles. The summed E-state index contributed by atoms with van der Waals surface area (Å²) in [7, 11) is 0.0166. The number of nitrogens with one attached hydrogen (secondary N) is 2. The highest BCUT2D eigenvalue weighted by Gasteiger charge is 2.37. The third kappa shape index (κ3) is 12.8. The number of halogens is 3. The number of hydrogen-bond donors (Lipinski definition) is 3. The fourth-order valence-corrected chi connectivity index (χ4v) is 5.41. The molecular weight excluding hydrogens is 597 g/mol.